The minimum Gasteiger partial charge on any atom is -0.444 e. The summed E-state index contributed by atoms with van der Waals surface area (Å²) in [6.07, 6.45) is 5.48. The Hall–Kier alpha value is -0.593. The summed E-state index contributed by atoms with van der Waals surface area (Å²) in [6, 6.07) is 1.27. The second-order valence-corrected chi connectivity index (χ2v) is 15.1. The van der Waals surface area contributed by atoms with Crippen LogP contribution in [0, 0.1) is 5.92 Å². The molecular formula is C19H39NO4Si. The summed E-state index contributed by atoms with van der Waals surface area (Å²) < 4.78 is 16.6. The molecule has 1 unspecified atom stereocenters. The molecule has 1 fully saturated rings. The maximum absolute atomic E-state index is 12.0. The molecule has 1 saturated carbocycles. The fourth-order valence-electron chi connectivity index (χ4n) is 2.79. The van der Waals surface area contributed by atoms with E-state index in [1.165, 1.54) is 25.3 Å². The van der Waals surface area contributed by atoms with Gasteiger partial charge in [-0.1, -0.05) is 44.9 Å². The Morgan fingerprint density at radius 3 is 2.40 bits per heavy atom. The van der Waals surface area contributed by atoms with Gasteiger partial charge in [0.25, 0.3) is 0 Å². The zero-order valence-electron chi connectivity index (χ0n) is 17.2. The van der Waals surface area contributed by atoms with Gasteiger partial charge in [0.15, 0.2) is 0 Å². The van der Waals surface area contributed by atoms with Crippen molar-refractivity contribution in [1.29, 1.82) is 0 Å². The molecule has 0 radical (unpaired) electrons. The van der Waals surface area contributed by atoms with Crippen LogP contribution in [0.25, 0.3) is 0 Å². The molecule has 148 valence electrons. The molecule has 0 aromatic carbocycles. The van der Waals surface area contributed by atoms with Gasteiger partial charge < -0.3 is 19.5 Å². The van der Waals surface area contributed by atoms with Gasteiger partial charge in [-0.2, -0.15) is 0 Å². The molecule has 5 nitrogen and oxygen atoms in total. The van der Waals surface area contributed by atoms with Crippen LogP contribution in [0.1, 0.15) is 52.9 Å². The first-order chi connectivity index (χ1) is 11.6. The number of alkyl carbamates (subject to hydrolysis) is 1. The molecule has 0 aromatic heterocycles. The fourth-order valence-corrected chi connectivity index (χ4v) is 3.99. The highest BCUT2D eigenvalue weighted by molar-refractivity contribution is 6.76. The molecule has 0 aromatic rings. The first-order valence-corrected chi connectivity index (χ1v) is 13.4. The lowest BCUT2D eigenvalue weighted by atomic mass is 9.81. The van der Waals surface area contributed by atoms with E-state index in [1.807, 2.05) is 20.8 Å². The van der Waals surface area contributed by atoms with Gasteiger partial charge in [0, 0.05) is 14.7 Å². The number of hydrogen-bond donors (Lipinski definition) is 1. The maximum Gasteiger partial charge on any atom is 0.407 e. The van der Waals surface area contributed by atoms with Crippen molar-refractivity contribution in [3.63, 3.8) is 0 Å². The van der Waals surface area contributed by atoms with E-state index in [1.54, 1.807) is 0 Å². The van der Waals surface area contributed by atoms with Crippen LogP contribution in [0.4, 0.5) is 4.79 Å². The number of rotatable bonds is 11. The van der Waals surface area contributed by atoms with Gasteiger partial charge in [0.1, 0.15) is 12.4 Å². The van der Waals surface area contributed by atoms with Gasteiger partial charge in [-0.3, -0.25) is 0 Å². The Morgan fingerprint density at radius 2 is 1.88 bits per heavy atom. The smallest absolute Gasteiger partial charge is 0.407 e. The van der Waals surface area contributed by atoms with Crippen LogP contribution < -0.4 is 5.32 Å². The highest BCUT2D eigenvalue weighted by atomic mass is 28.3. The van der Waals surface area contributed by atoms with E-state index < -0.39 is 13.7 Å². The van der Waals surface area contributed by atoms with Crippen molar-refractivity contribution in [1.82, 2.24) is 5.32 Å². The average Bonchev–Trinajstić information content (AvgIpc) is 2.37. The molecule has 0 aliphatic heterocycles. The number of nitrogens with one attached hydrogen (secondary N) is 1. The summed E-state index contributed by atoms with van der Waals surface area (Å²) in [4.78, 5) is 12.0. The lowest BCUT2D eigenvalue weighted by Crippen LogP contribution is -2.43. The van der Waals surface area contributed by atoms with E-state index in [0.29, 0.717) is 19.3 Å². The fraction of sp³-hybridized carbons (Fsp3) is 0.947. The van der Waals surface area contributed by atoms with E-state index in [9.17, 15) is 4.79 Å². The molecule has 0 spiro atoms. The predicted octanol–water partition coefficient (Wildman–Crippen LogP) is 4.79. The van der Waals surface area contributed by atoms with E-state index in [-0.39, 0.29) is 12.1 Å². The Balaban J connectivity index is 2.23. The largest absolute Gasteiger partial charge is 0.444 e. The minimum atomic E-state index is -0.980. The van der Waals surface area contributed by atoms with Gasteiger partial charge in [-0.15, -0.1) is 0 Å². The van der Waals surface area contributed by atoms with Crippen LogP contribution >= 0.6 is 0 Å². The average molecular weight is 374 g/mol. The zero-order chi connectivity index (χ0) is 18.9. The third-order valence-corrected chi connectivity index (χ3v) is 6.12. The Kier molecular flexibility index (Phi) is 9.46. The van der Waals surface area contributed by atoms with Crippen LogP contribution in [0.2, 0.25) is 25.7 Å². The Labute approximate surface area is 155 Å². The van der Waals surface area contributed by atoms with Crippen LogP contribution in [-0.2, 0) is 14.2 Å². The van der Waals surface area contributed by atoms with Gasteiger partial charge in [0.2, 0.25) is 0 Å². The molecule has 0 bridgehead atoms. The molecule has 25 heavy (non-hydrogen) atoms. The summed E-state index contributed by atoms with van der Waals surface area (Å²) >= 11 is 0. The minimum absolute atomic E-state index is 0.00858. The highest BCUT2D eigenvalue weighted by Gasteiger charge is 2.25. The normalized spacial score (nSPS) is 17.0. The highest BCUT2D eigenvalue weighted by Crippen LogP contribution is 2.30. The Morgan fingerprint density at radius 1 is 1.20 bits per heavy atom. The van der Waals surface area contributed by atoms with Crippen LogP contribution in [0.15, 0.2) is 0 Å². The molecular weight excluding hydrogens is 334 g/mol. The van der Waals surface area contributed by atoms with E-state index in [2.05, 4.69) is 25.0 Å². The van der Waals surface area contributed by atoms with Gasteiger partial charge in [-0.05, 0) is 39.5 Å². The molecule has 1 amide bonds. The number of carbonyl (C=O) groups excluding carboxylic acids is 1. The molecule has 1 rings (SSSR count). The third-order valence-electron chi connectivity index (χ3n) is 4.26. The SMILES string of the molecule is CC(C)(C)OC(=O)NC(COCOCCC[Si](C)(C)C)CC1CCC1. The van der Waals surface area contributed by atoms with E-state index in [0.717, 1.165) is 19.4 Å². The van der Waals surface area contributed by atoms with Gasteiger partial charge in [-0.25, -0.2) is 4.79 Å². The van der Waals surface area contributed by atoms with Crippen molar-refractivity contribution >= 4 is 14.2 Å². The lowest BCUT2D eigenvalue weighted by Gasteiger charge is -2.30. The first kappa shape index (κ1) is 22.4. The van der Waals surface area contributed by atoms with Crippen LogP contribution in [0.3, 0.4) is 0 Å². The van der Waals surface area contributed by atoms with Crippen molar-refractivity contribution < 1.29 is 19.0 Å². The monoisotopic (exact) mass is 373 g/mol. The van der Waals surface area contributed by atoms with E-state index in [4.69, 9.17) is 14.2 Å². The van der Waals surface area contributed by atoms with Gasteiger partial charge in [0.05, 0.1) is 12.6 Å². The summed E-state index contributed by atoms with van der Waals surface area (Å²) in [5.41, 5.74) is -0.481. The van der Waals surface area contributed by atoms with Crippen molar-refractivity contribution in [3.8, 4) is 0 Å². The summed E-state index contributed by atoms with van der Waals surface area (Å²) in [5.74, 6) is 0.696. The molecule has 0 heterocycles. The van der Waals surface area contributed by atoms with Crippen LogP contribution in [0.5, 0.6) is 0 Å². The number of carbonyl (C=O) groups is 1. The summed E-state index contributed by atoms with van der Waals surface area (Å²) in [6.45, 7) is 14.3. The van der Waals surface area contributed by atoms with Crippen LogP contribution in [-0.4, -0.2) is 45.8 Å². The summed E-state index contributed by atoms with van der Waals surface area (Å²) in [5, 5.41) is 2.96. The Bertz CT molecular complexity index is 386. The lowest BCUT2D eigenvalue weighted by molar-refractivity contribution is -0.0621. The van der Waals surface area contributed by atoms with Crippen molar-refractivity contribution in [2.45, 2.75) is 90.2 Å². The van der Waals surface area contributed by atoms with Gasteiger partial charge >= 0.3 is 6.09 Å². The molecule has 0 saturated heterocycles. The first-order valence-electron chi connectivity index (χ1n) is 9.70. The predicted molar refractivity (Wildman–Crippen MR) is 105 cm³/mol. The zero-order valence-corrected chi connectivity index (χ0v) is 18.2. The molecule has 6 heteroatoms. The number of ether oxygens (including phenoxy) is 3. The van der Waals surface area contributed by atoms with Crippen molar-refractivity contribution in [2.75, 3.05) is 20.0 Å². The van der Waals surface area contributed by atoms with Crippen molar-refractivity contribution in [2.24, 2.45) is 5.92 Å². The molecule has 1 aliphatic rings. The topological polar surface area (TPSA) is 56.8 Å². The quantitative estimate of drug-likeness (QED) is 0.321. The maximum atomic E-state index is 12.0. The second kappa shape index (κ2) is 10.5. The second-order valence-electron chi connectivity index (χ2n) is 9.44. The standard InChI is InChI=1S/C19H39NO4Si/c1-19(2,3)24-18(21)20-17(13-16-9-7-10-16)14-23-15-22-11-8-12-25(4,5)6/h16-17H,7-15H2,1-6H3,(H,20,21). The molecule has 1 atom stereocenters. The molecule has 1 aliphatic carbocycles. The number of amides is 1. The van der Waals surface area contributed by atoms with E-state index >= 15 is 0 Å². The number of hydrogen-bond acceptors (Lipinski definition) is 4. The third kappa shape index (κ3) is 12.4. The summed E-state index contributed by atoms with van der Waals surface area (Å²) in [7, 11) is -0.980. The molecule has 1 N–H and O–H groups in total. The van der Waals surface area contributed by atoms with Crippen molar-refractivity contribution in [3.05, 3.63) is 0 Å².